The van der Waals surface area contributed by atoms with E-state index in [0.29, 0.717) is 5.75 Å². The van der Waals surface area contributed by atoms with E-state index in [2.05, 4.69) is 0 Å². The van der Waals surface area contributed by atoms with Crippen molar-refractivity contribution in [3.8, 4) is 11.5 Å². The molecule has 17 heteroatoms. The van der Waals surface area contributed by atoms with Crippen LogP contribution in [0.1, 0.15) is 99.2 Å². The van der Waals surface area contributed by atoms with Gasteiger partial charge in [0, 0.05) is 57.6 Å². The van der Waals surface area contributed by atoms with Crippen LogP contribution in [0.2, 0.25) is 0 Å². The number of rotatable bonds is 13. The lowest BCUT2D eigenvalue weighted by atomic mass is 9.93. The van der Waals surface area contributed by atoms with Crippen molar-refractivity contribution in [2.75, 3.05) is 45.4 Å². The number of benzene rings is 4. The van der Waals surface area contributed by atoms with Gasteiger partial charge in [0.05, 0.1) is 23.7 Å². The van der Waals surface area contributed by atoms with Crippen LogP contribution in [-0.4, -0.2) is 91.2 Å². The number of nitrogen functional groups attached to an aromatic ring is 1. The fourth-order valence-corrected chi connectivity index (χ4v) is 6.49. The molecule has 324 valence electrons. The van der Waals surface area contributed by atoms with Crippen LogP contribution in [0.15, 0.2) is 84.9 Å². The van der Waals surface area contributed by atoms with Gasteiger partial charge in [-0.15, -0.1) is 0 Å². The number of carbonyl (C=O) groups excluding carboxylic acids is 8. The van der Waals surface area contributed by atoms with E-state index < -0.39 is 69.1 Å². The smallest absolute Gasteiger partial charge is 0.344 e. The first kappa shape index (κ1) is 40.4. The summed E-state index contributed by atoms with van der Waals surface area (Å²) < 4.78 is 54.9. The van der Waals surface area contributed by atoms with E-state index in [0.717, 1.165) is 19.3 Å². The molecule has 4 aromatic rings. The van der Waals surface area contributed by atoms with E-state index in [9.17, 15) is 48.5 Å². The van der Waals surface area contributed by atoms with Gasteiger partial charge in [0.25, 0.3) is 5.69 Å². The highest BCUT2D eigenvalue weighted by Crippen LogP contribution is 2.36. The Morgan fingerprint density at radius 1 is 0.672 bits per heavy atom. The number of Topliss-reactive ketones (excluding diaryl/α,β-unsaturated/α-hetero) is 6. The van der Waals surface area contributed by atoms with E-state index in [-0.39, 0.29) is 72.7 Å². The van der Waals surface area contributed by atoms with Gasteiger partial charge in [0.2, 0.25) is 0 Å². The lowest BCUT2D eigenvalue weighted by Crippen LogP contribution is -2.25. The largest absolute Gasteiger partial charge is 0.482 e. The molecular formula is C44H48N2O15. The number of ketones is 6. The van der Waals surface area contributed by atoms with Crippen molar-refractivity contribution in [2.45, 2.75) is 26.7 Å². The highest BCUT2D eigenvalue weighted by Gasteiger charge is 2.47. The van der Waals surface area contributed by atoms with Crippen molar-refractivity contribution >= 4 is 58.0 Å². The van der Waals surface area contributed by atoms with E-state index in [1.54, 1.807) is 19.9 Å². The normalized spacial score (nSPS) is 16.3. The summed E-state index contributed by atoms with van der Waals surface area (Å²) >= 11 is 0. The number of fused-ring (bicyclic) bond motifs is 2. The average molecular weight is 852 g/mol. The molecule has 61 heavy (non-hydrogen) atoms. The number of anilines is 1. The first-order chi connectivity index (χ1) is 32.3. The van der Waals surface area contributed by atoms with Crippen molar-refractivity contribution in [1.29, 1.82) is 0 Å². The number of hydrogen-bond donors (Lipinski definition) is 1. The Bertz CT molecular complexity index is 2390. The third-order valence-electron chi connectivity index (χ3n) is 9.36. The van der Waals surface area contributed by atoms with Crippen molar-refractivity contribution < 1.29 is 77.3 Å². The second kappa shape index (κ2) is 20.5. The lowest BCUT2D eigenvalue weighted by molar-refractivity contribution is -0.385. The van der Waals surface area contributed by atoms with Crippen LogP contribution in [0.5, 0.6) is 11.5 Å². The molecule has 17 nitrogen and oxygen atoms in total. The standard InChI is InChI=1S/C20H15NO8.C20H17NO6.C4H8O.4H2/c1-2-28-15(22)10-29-12-8-6-11(7-9-12)18(23)17-19(24)13-4-3-5-14(21(26)27)16(13)20(17)25;1-2-26-15(22)10-27-12-8-6-11(7-9-12)18(23)17-19(24)13-4-3-5-14(21)16(13)20(17)25;1-2-4-5-3-1;;;;/h3-9,17H,2,10H2,1H3;3-9,17H,2,10,21H2,1H3;1-4H2;4*1H/i;;;3*1+1D;1+1. The molecule has 1 fully saturated rings. The number of nitro benzene ring substituents is 1. The molecule has 0 amide bonds. The van der Waals surface area contributed by atoms with Crippen LogP contribution in [-0.2, 0) is 23.8 Å². The maximum absolute atomic E-state index is 12.8. The van der Waals surface area contributed by atoms with Crippen LogP contribution in [0.25, 0.3) is 0 Å². The predicted octanol–water partition coefficient (Wildman–Crippen LogP) is 6.28. The Hall–Kier alpha value is -7.40. The van der Waals surface area contributed by atoms with Gasteiger partial charge >= 0.3 is 11.9 Å². The molecule has 0 spiro atoms. The Kier molecular flexibility index (Phi) is 13.6. The molecule has 3 aliphatic rings. The van der Waals surface area contributed by atoms with Gasteiger partial charge in [-0.3, -0.25) is 38.9 Å². The summed E-state index contributed by atoms with van der Waals surface area (Å²) in [7, 11) is 0. The van der Waals surface area contributed by atoms with Crippen molar-refractivity contribution in [3.63, 3.8) is 0 Å². The Labute approximate surface area is 358 Å². The fraction of sp³-hybridized carbons (Fsp3) is 0.273. The Balaban J connectivity index is 0.000000553. The second-order valence-corrected chi connectivity index (χ2v) is 13.3. The summed E-state index contributed by atoms with van der Waals surface area (Å²) in [6.07, 6.45) is 2.56. The lowest BCUT2D eigenvalue weighted by Gasteiger charge is -2.08. The first-order valence-electron chi connectivity index (χ1n) is 22.0. The maximum Gasteiger partial charge on any atom is 0.344 e. The molecule has 2 N–H and O–H groups in total. The van der Waals surface area contributed by atoms with Gasteiger partial charge in [-0.25, -0.2) is 9.59 Å². The SMILES string of the molecule is C1CCOC1.CCOC(=O)COc1ccc(C(=O)C2C(=O)c3cccc(N)c3C2=O)cc1.CCOC(=O)COc1ccc(C(=O)C2C(=O)c3cccc([N+](=O)[O-])c3C2=O)cc1.[2HH].[2H][2H].[2H][2H].[2H][2H]. The van der Waals surface area contributed by atoms with Gasteiger partial charge in [0.1, 0.15) is 28.9 Å². The number of carbonyl (C=O) groups is 8. The zero-order valence-electron chi connectivity index (χ0n) is 39.0. The molecule has 2 unspecified atom stereocenters. The molecule has 2 atom stereocenters. The first-order valence-corrected chi connectivity index (χ1v) is 19.0. The Morgan fingerprint density at radius 3 is 1.49 bits per heavy atom. The van der Waals surface area contributed by atoms with Crippen LogP contribution >= 0.6 is 0 Å². The molecular weight excluding hydrogens is 796 g/mol. The molecule has 0 aromatic heterocycles. The van der Waals surface area contributed by atoms with E-state index in [4.69, 9.17) is 38.3 Å². The number of nitro groups is 1. The molecule has 0 bridgehead atoms. The molecule has 0 radical (unpaired) electrons. The molecule has 1 aliphatic heterocycles. The number of hydrogen-bond acceptors (Lipinski definition) is 16. The summed E-state index contributed by atoms with van der Waals surface area (Å²) in [5, 5.41) is 11.2. The maximum atomic E-state index is 12.8. The summed E-state index contributed by atoms with van der Waals surface area (Å²) in [6, 6.07) is 19.7. The van der Waals surface area contributed by atoms with Gasteiger partial charge < -0.3 is 29.4 Å². The predicted molar refractivity (Wildman–Crippen MR) is 223 cm³/mol. The monoisotopic (exact) mass is 851 g/mol. The van der Waals surface area contributed by atoms with Crippen molar-refractivity contribution in [1.82, 2.24) is 0 Å². The van der Waals surface area contributed by atoms with Crippen molar-refractivity contribution in [3.05, 3.63) is 128 Å². The molecule has 0 saturated carbocycles. The molecule has 1 saturated heterocycles. The topological polar surface area (TPSA) is 252 Å². The van der Waals surface area contributed by atoms with Crippen molar-refractivity contribution in [2.24, 2.45) is 11.8 Å². The summed E-state index contributed by atoms with van der Waals surface area (Å²) in [4.78, 5) is 109. The zero-order chi connectivity index (χ0) is 50.2. The highest BCUT2D eigenvalue weighted by atomic mass is 16.6. The third kappa shape index (κ3) is 10.4. The minimum atomic E-state index is -1.66. The minimum absolute atomic E-state index is 0. The van der Waals surface area contributed by atoms with E-state index >= 15 is 0 Å². The number of ether oxygens (including phenoxy) is 5. The molecule has 2 aliphatic carbocycles. The van der Waals surface area contributed by atoms with E-state index in [1.807, 2.05) is 0 Å². The average Bonchev–Trinajstić information content (AvgIpc) is 4.09. The van der Waals surface area contributed by atoms with Gasteiger partial charge in [0.15, 0.2) is 47.9 Å². The molecule has 1 heterocycles. The summed E-state index contributed by atoms with van der Waals surface area (Å²) in [6.45, 7) is 5.27. The van der Waals surface area contributed by atoms with Crippen LogP contribution in [0.3, 0.4) is 0 Å². The Morgan fingerprint density at radius 2 is 1.10 bits per heavy atom. The number of nitrogens with two attached hydrogens (primary N) is 1. The van der Waals surface area contributed by atoms with Gasteiger partial charge in [-0.2, -0.15) is 0 Å². The summed E-state index contributed by atoms with van der Waals surface area (Å²) in [5.41, 5.74) is 5.54. The van der Waals surface area contributed by atoms with Gasteiger partial charge in [-0.05, 0) is 81.3 Å². The quantitative estimate of drug-likeness (QED) is 0.0388. The second-order valence-electron chi connectivity index (χ2n) is 13.3. The van der Waals surface area contributed by atoms with Gasteiger partial charge in [-0.1, -0.05) is 24.3 Å². The molecule has 7 rings (SSSR count). The summed E-state index contributed by atoms with van der Waals surface area (Å²) in [5.74, 6) is -7.62. The fourth-order valence-electron chi connectivity index (χ4n) is 6.49. The highest BCUT2D eigenvalue weighted by molar-refractivity contribution is 6.39. The van der Waals surface area contributed by atoms with Crippen LogP contribution < -0.4 is 15.2 Å². The van der Waals surface area contributed by atoms with Crippen LogP contribution in [0.4, 0.5) is 11.4 Å². The zero-order valence-corrected chi connectivity index (χ0v) is 33.0. The van der Waals surface area contributed by atoms with E-state index in [1.165, 1.54) is 85.6 Å². The van der Waals surface area contributed by atoms with Crippen LogP contribution in [0, 0.1) is 22.0 Å². The minimum Gasteiger partial charge on any atom is -0.482 e. The molecule has 4 aromatic carbocycles. The number of nitrogens with zero attached hydrogens (tertiary/aromatic N) is 1. The third-order valence-corrected chi connectivity index (χ3v) is 9.36. The number of esters is 2.